The first-order valence-corrected chi connectivity index (χ1v) is 6.90. The summed E-state index contributed by atoms with van der Waals surface area (Å²) in [7, 11) is 0. The number of rotatable bonds is 4. The molecule has 1 saturated heterocycles. The van der Waals surface area contributed by atoms with Crippen molar-refractivity contribution in [3.8, 4) is 0 Å². The predicted molar refractivity (Wildman–Crippen MR) is 75.0 cm³/mol. The Labute approximate surface area is 113 Å². The van der Waals surface area contributed by atoms with Gasteiger partial charge in [-0.05, 0) is 50.1 Å². The van der Waals surface area contributed by atoms with E-state index in [1.165, 1.54) is 19.3 Å². The lowest BCUT2D eigenvalue weighted by Crippen LogP contribution is -2.34. The molecule has 1 atom stereocenters. The average Bonchev–Trinajstić information content (AvgIpc) is 2.40. The fourth-order valence-corrected chi connectivity index (χ4v) is 2.36. The fraction of sp³-hybridized carbons (Fsp3) is 0.500. The summed E-state index contributed by atoms with van der Waals surface area (Å²) in [5.41, 5.74) is 0.806. The Bertz CT molecular complexity index is 385. The molecule has 1 amide bonds. The summed E-state index contributed by atoms with van der Waals surface area (Å²) < 4.78 is 0. The number of anilines is 1. The fourth-order valence-electron chi connectivity index (χ4n) is 2.23. The Kier molecular flexibility index (Phi) is 5.02. The van der Waals surface area contributed by atoms with Gasteiger partial charge >= 0.3 is 0 Å². The lowest BCUT2D eigenvalue weighted by Gasteiger charge is -2.23. The number of carbonyl (C=O) groups is 1. The standard InChI is InChI=1S/C14H19ClN2O/c15-11-4-6-13(7-5-11)17-14(18)9-8-12-3-1-2-10-16-12/h4-7,12,16H,1-3,8-10H2,(H,17,18). The molecule has 1 aliphatic rings. The maximum Gasteiger partial charge on any atom is 0.224 e. The second-order valence-corrected chi connectivity index (χ2v) is 5.18. The maximum absolute atomic E-state index is 11.8. The minimum atomic E-state index is 0.0738. The Balaban J connectivity index is 1.73. The number of halogens is 1. The quantitative estimate of drug-likeness (QED) is 0.879. The molecule has 2 N–H and O–H groups in total. The van der Waals surface area contributed by atoms with Gasteiger partial charge in [0.2, 0.25) is 5.91 Å². The molecule has 1 fully saturated rings. The number of nitrogens with one attached hydrogen (secondary N) is 2. The summed E-state index contributed by atoms with van der Waals surface area (Å²) in [6, 6.07) is 7.70. The Morgan fingerprint density at radius 1 is 1.33 bits per heavy atom. The molecule has 0 aliphatic carbocycles. The van der Waals surface area contributed by atoms with Gasteiger partial charge in [-0.15, -0.1) is 0 Å². The van der Waals surface area contributed by atoms with Crippen LogP contribution in [0.4, 0.5) is 5.69 Å². The highest BCUT2D eigenvalue weighted by Gasteiger charge is 2.13. The lowest BCUT2D eigenvalue weighted by atomic mass is 10.0. The van der Waals surface area contributed by atoms with Crippen LogP contribution in [0.5, 0.6) is 0 Å². The molecule has 4 heteroatoms. The molecule has 1 aromatic carbocycles. The minimum absolute atomic E-state index is 0.0738. The topological polar surface area (TPSA) is 41.1 Å². The summed E-state index contributed by atoms with van der Waals surface area (Å²) >= 11 is 5.79. The number of piperidine rings is 1. The van der Waals surface area contributed by atoms with Crippen molar-refractivity contribution in [2.24, 2.45) is 0 Å². The summed E-state index contributed by atoms with van der Waals surface area (Å²) in [6.45, 7) is 1.09. The van der Waals surface area contributed by atoms with Crippen molar-refractivity contribution in [3.63, 3.8) is 0 Å². The van der Waals surface area contributed by atoms with Gasteiger partial charge in [0, 0.05) is 23.2 Å². The molecule has 1 heterocycles. The highest BCUT2D eigenvalue weighted by atomic mass is 35.5. The lowest BCUT2D eigenvalue weighted by molar-refractivity contribution is -0.116. The third kappa shape index (κ3) is 4.31. The van der Waals surface area contributed by atoms with Gasteiger partial charge in [-0.1, -0.05) is 18.0 Å². The van der Waals surface area contributed by atoms with Gasteiger partial charge in [0.05, 0.1) is 0 Å². The monoisotopic (exact) mass is 266 g/mol. The van der Waals surface area contributed by atoms with Crippen molar-refractivity contribution in [2.45, 2.75) is 38.1 Å². The molecule has 0 spiro atoms. The SMILES string of the molecule is O=C(CCC1CCCCN1)Nc1ccc(Cl)cc1. The van der Waals surface area contributed by atoms with E-state index in [9.17, 15) is 4.79 Å². The third-order valence-corrected chi connectivity index (χ3v) is 3.51. The number of hydrogen-bond acceptors (Lipinski definition) is 2. The summed E-state index contributed by atoms with van der Waals surface area (Å²) in [4.78, 5) is 11.8. The van der Waals surface area contributed by atoms with E-state index in [1.807, 2.05) is 12.1 Å². The van der Waals surface area contributed by atoms with E-state index >= 15 is 0 Å². The summed E-state index contributed by atoms with van der Waals surface area (Å²) in [5, 5.41) is 7.01. The Morgan fingerprint density at radius 2 is 2.11 bits per heavy atom. The highest BCUT2D eigenvalue weighted by Crippen LogP contribution is 2.15. The molecular weight excluding hydrogens is 248 g/mol. The van der Waals surface area contributed by atoms with E-state index in [-0.39, 0.29) is 5.91 Å². The normalized spacial score (nSPS) is 19.5. The molecule has 0 aromatic heterocycles. The van der Waals surface area contributed by atoms with Crippen LogP contribution < -0.4 is 10.6 Å². The molecule has 98 valence electrons. The molecule has 0 bridgehead atoms. The van der Waals surface area contributed by atoms with Gasteiger partial charge in [0.1, 0.15) is 0 Å². The van der Waals surface area contributed by atoms with Gasteiger partial charge in [-0.3, -0.25) is 4.79 Å². The Hall–Kier alpha value is -1.06. The van der Waals surface area contributed by atoms with Gasteiger partial charge < -0.3 is 10.6 Å². The molecule has 0 radical (unpaired) electrons. The maximum atomic E-state index is 11.8. The van der Waals surface area contributed by atoms with Crippen molar-refractivity contribution < 1.29 is 4.79 Å². The number of carbonyl (C=O) groups excluding carboxylic acids is 1. The van der Waals surface area contributed by atoms with E-state index in [2.05, 4.69) is 10.6 Å². The molecule has 18 heavy (non-hydrogen) atoms. The van der Waals surface area contributed by atoms with Crippen molar-refractivity contribution in [3.05, 3.63) is 29.3 Å². The van der Waals surface area contributed by atoms with Crippen LogP contribution in [-0.4, -0.2) is 18.5 Å². The zero-order valence-electron chi connectivity index (χ0n) is 10.4. The van der Waals surface area contributed by atoms with E-state index < -0.39 is 0 Å². The average molecular weight is 267 g/mol. The van der Waals surface area contributed by atoms with Crippen LogP contribution >= 0.6 is 11.6 Å². The second-order valence-electron chi connectivity index (χ2n) is 4.74. The first-order valence-electron chi connectivity index (χ1n) is 6.53. The molecule has 0 saturated carbocycles. The van der Waals surface area contributed by atoms with Crippen LogP contribution in [0.3, 0.4) is 0 Å². The van der Waals surface area contributed by atoms with Gasteiger partial charge in [0.15, 0.2) is 0 Å². The molecule has 1 aromatic rings. The van der Waals surface area contributed by atoms with Crippen molar-refractivity contribution in [1.82, 2.24) is 5.32 Å². The smallest absolute Gasteiger partial charge is 0.224 e. The molecule has 3 nitrogen and oxygen atoms in total. The number of benzene rings is 1. The van der Waals surface area contributed by atoms with Crippen LogP contribution in [0.15, 0.2) is 24.3 Å². The molecule has 1 unspecified atom stereocenters. The predicted octanol–water partition coefficient (Wildman–Crippen LogP) is 3.20. The van der Waals surface area contributed by atoms with Crippen molar-refractivity contribution in [1.29, 1.82) is 0 Å². The number of hydrogen-bond donors (Lipinski definition) is 2. The van der Waals surface area contributed by atoms with E-state index in [1.54, 1.807) is 12.1 Å². The minimum Gasteiger partial charge on any atom is -0.326 e. The summed E-state index contributed by atoms with van der Waals surface area (Å²) in [6.07, 6.45) is 5.21. The zero-order valence-corrected chi connectivity index (χ0v) is 11.2. The molecular formula is C14H19ClN2O. The zero-order chi connectivity index (χ0) is 12.8. The highest BCUT2D eigenvalue weighted by molar-refractivity contribution is 6.30. The number of amides is 1. The van der Waals surface area contributed by atoms with Crippen LogP contribution in [-0.2, 0) is 4.79 Å². The largest absolute Gasteiger partial charge is 0.326 e. The van der Waals surface area contributed by atoms with Gasteiger partial charge in [0.25, 0.3) is 0 Å². The van der Waals surface area contributed by atoms with Crippen LogP contribution in [0, 0.1) is 0 Å². The Morgan fingerprint density at radius 3 is 2.78 bits per heavy atom. The van der Waals surface area contributed by atoms with Crippen molar-refractivity contribution in [2.75, 3.05) is 11.9 Å². The van der Waals surface area contributed by atoms with Crippen LogP contribution in [0.25, 0.3) is 0 Å². The first-order chi connectivity index (χ1) is 8.74. The molecule has 2 rings (SSSR count). The van der Waals surface area contributed by atoms with Crippen LogP contribution in [0.1, 0.15) is 32.1 Å². The van der Waals surface area contributed by atoms with Gasteiger partial charge in [-0.2, -0.15) is 0 Å². The summed E-state index contributed by atoms with van der Waals surface area (Å²) in [5.74, 6) is 0.0738. The van der Waals surface area contributed by atoms with Crippen LogP contribution in [0.2, 0.25) is 5.02 Å². The van der Waals surface area contributed by atoms with E-state index in [4.69, 9.17) is 11.6 Å². The molecule has 1 aliphatic heterocycles. The third-order valence-electron chi connectivity index (χ3n) is 3.26. The van der Waals surface area contributed by atoms with E-state index in [0.29, 0.717) is 17.5 Å². The van der Waals surface area contributed by atoms with Crippen molar-refractivity contribution >= 4 is 23.2 Å². The second kappa shape index (κ2) is 6.76. The van der Waals surface area contributed by atoms with Gasteiger partial charge in [-0.25, -0.2) is 0 Å². The van der Waals surface area contributed by atoms with E-state index in [0.717, 1.165) is 18.7 Å². The first kappa shape index (κ1) is 13.4.